The summed E-state index contributed by atoms with van der Waals surface area (Å²) in [5, 5.41) is 7.36. The minimum absolute atomic E-state index is 0.0661. The van der Waals surface area contributed by atoms with Crippen LogP contribution in [0.1, 0.15) is 88.9 Å². The van der Waals surface area contributed by atoms with Crippen molar-refractivity contribution in [1.29, 1.82) is 0 Å². The maximum absolute atomic E-state index is 14.9. The van der Waals surface area contributed by atoms with Gasteiger partial charge in [-0.05, 0) is 78.4 Å². The van der Waals surface area contributed by atoms with Crippen LogP contribution in [0.25, 0.3) is 11.3 Å². The predicted molar refractivity (Wildman–Crippen MR) is 212 cm³/mol. The second-order valence-electron chi connectivity index (χ2n) is 17.4. The van der Waals surface area contributed by atoms with Crippen molar-refractivity contribution in [3.05, 3.63) is 46.6 Å². The smallest absolute Gasteiger partial charge is 0.408 e. The molecule has 2 saturated carbocycles. The van der Waals surface area contributed by atoms with E-state index in [1.54, 1.807) is 44.0 Å². The number of thiazole rings is 1. The van der Waals surface area contributed by atoms with Gasteiger partial charge in [0.15, 0.2) is 5.01 Å². The first-order valence-electron chi connectivity index (χ1n) is 19.8. The Bertz CT molecular complexity index is 2130. The summed E-state index contributed by atoms with van der Waals surface area (Å²) in [4.78, 5) is 77.6. The summed E-state index contributed by atoms with van der Waals surface area (Å²) in [6, 6.07) is 2.16. The lowest BCUT2D eigenvalue weighted by molar-refractivity contribution is -0.142. The Hall–Kier alpha value is -4.58. The first-order chi connectivity index (χ1) is 27.3. The second-order valence-corrected chi connectivity index (χ2v) is 20.4. The van der Waals surface area contributed by atoms with Crippen LogP contribution < -0.4 is 20.1 Å². The summed E-state index contributed by atoms with van der Waals surface area (Å²) in [6.45, 7) is 7.03. The zero-order chi connectivity index (χ0) is 41.8. The molecule has 314 valence electrons. The number of ether oxygens (including phenoxy) is 2. The van der Waals surface area contributed by atoms with E-state index in [-0.39, 0.29) is 48.2 Å². The Labute approximate surface area is 341 Å². The van der Waals surface area contributed by atoms with E-state index in [0.29, 0.717) is 37.9 Å². The van der Waals surface area contributed by atoms with Crippen LogP contribution >= 0.6 is 11.3 Å². The van der Waals surface area contributed by atoms with Gasteiger partial charge in [-0.3, -0.25) is 23.9 Å². The van der Waals surface area contributed by atoms with Gasteiger partial charge in [0.2, 0.25) is 21.8 Å². The fourth-order valence-electron chi connectivity index (χ4n) is 8.25. The molecule has 4 fully saturated rings. The number of allylic oxidation sites excluding steroid dienone is 1. The molecule has 2 aromatic rings. The molecule has 0 unspecified atom stereocenters. The number of carbonyl (C=O) groups is 5. The molecule has 2 aliphatic carbocycles. The Kier molecular flexibility index (Phi) is 11.1. The Morgan fingerprint density at radius 3 is 2.53 bits per heavy atom. The molecule has 7 rings (SSSR count). The van der Waals surface area contributed by atoms with Crippen molar-refractivity contribution in [2.24, 2.45) is 17.8 Å². The number of hydrogen-bond donors (Lipinski definition) is 3. The van der Waals surface area contributed by atoms with Crippen LogP contribution in [-0.4, -0.2) is 108 Å². The van der Waals surface area contributed by atoms with Gasteiger partial charge in [0.25, 0.3) is 11.8 Å². The lowest BCUT2D eigenvalue weighted by atomic mass is 9.93. The molecule has 5 aliphatic rings. The van der Waals surface area contributed by atoms with Gasteiger partial charge in [0, 0.05) is 54.4 Å². The third-order valence-corrected chi connectivity index (χ3v) is 14.9. The normalized spacial score (nSPS) is 28.8. The molecule has 1 aromatic heterocycles. The number of nitrogens with zero attached hydrogens (tertiary/aromatic N) is 3. The lowest BCUT2D eigenvalue weighted by Crippen LogP contribution is -2.60. The SMILES string of the molecule is COc1ccc(-c2csc(C(=O)N3C[C@H]4CN5C(=O)[C@@H](NC(=O)OC(C)(C)C)CCCCC/C=C\[C@@H]6C[C@]6(C(=O)NS(=O)(=O)C6(C)CC6)NC(=O)[C@@H]5[C@H]4C3)n2)c(F)c1. The van der Waals surface area contributed by atoms with Crippen LogP contribution in [-0.2, 0) is 29.1 Å². The average Bonchev–Trinajstić information content (AvgIpc) is 3.84. The number of halogens is 1. The third-order valence-electron chi connectivity index (χ3n) is 12.0. The number of carbonyl (C=O) groups excluding carboxylic acids is 5. The summed E-state index contributed by atoms with van der Waals surface area (Å²) < 4.78 is 53.1. The summed E-state index contributed by atoms with van der Waals surface area (Å²) in [5.74, 6) is -4.04. The minimum atomic E-state index is -4.03. The molecule has 0 bridgehead atoms. The van der Waals surface area contributed by atoms with Crippen molar-refractivity contribution in [3.8, 4) is 17.0 Å². The molecule has 18 heteroatoms. The summed E-state index contributed by atoms with van der Waals surface area (Å²) in [5.41, 5.74) is -1.92. The van der Waals surface area contributed by atoms with Gasteiger partial charge in [-0.15, -0.1) is 11.3 Å². The van der Waals surface area contributed by atoms with E-state index in [4.69, 9.17) is 9.47 Å². The topological polar surface area (TPSA) is 193 Å². The quantitative estimate of drug-likeness (QED) is 0.341. The summed E-state index contributed by atoms with van der Waals surface area (Å²) >= 11 is 1.06. The van der Waals surface area contributed by atoms with Gasteiger partial charge in [-0.1, -0.05) is 25.0 Å². The van der Waals surface area contributed by atoms with Gasteiger partial charge in [0.1, 0.15) is 34.8 Å². The van der Waals surface area contributed by atoms with E-state index in [1.165, 1.54) is 24.1 Å². The van der Waals surface area contributed by atoms with Crippen molar-refractivity contribution in [1.82, 2.24) is 30.1 Å². The van der Waals surface area contributed by atoms with Crippen molar-refractivity contribution in [2.75, 3.05) is 26.7 Å². The number of sulfonamides is 1. The molecule has 2 saturated heterocycles. The van der Waals surface area contributed by atoms with Crippen molar-refractivity contribution in [2.45, 2.75) is 107 Å². The molecular weight excluding hydrogens is 792 g/mol. The number of benzene rings is 1. The number of hydrogen-bond acceptors (Lipinski definition) is 11. The number of nitrogens with one attached hydrogen (secondary N) is 3. The van der Waals surface area contributed by atoms with Crippen LogP contribution in [0, 0.1) is 23.6 Å². The third kappa shape index (κ3) is 8.31. The molecule has 4 heterocycles. The molecule has 58 heavy (non-hydrogen) atoms. The minimum Gasteiger partial charge on any atom is -0.497 e. The van der Waals surface area contributed by atoms with E-state index in [9.17, 15) is 36.8 Å². The van der Waals surface area contributed by atoms with E-state index < -0.39 is 85.4 Å². The zero-order valence-electron chi connectivity index (χ0n) is 33.3. The number of methoxy groups -OCH3 is 1. The molecule has 0 radical (unpaired) electrons. The molecule has 5 amide bonds. The Morgan fingerprint density at radius 2 is 1.84 bits per heavy atom. The van der Waals surface area contributed by atoms with E-state index in [0.717, 1.165) is 24.2 Å². The average molecular weight is 843 g/mol. The Morgan fingerprint density at radius 1 is 1.09 bits per heavy atom. The molecule has 1 aromatic carbocycles. The van der Waals surface area contributed by atoms with Gasteiger partial charge in [-0.2, -0.15) is 0 Å². The number of amides is 5. The van der Waals surface area contributed by atoms with Crippen LogP contribution in [0.5, 0.6) is 5.75 Å². The van der Waals surface area contributed by atoms with E-state index in [1.807, 2.05) is 12.2 Å². The highest BCUT2D eigenvalue weighted by Crippen LogP contribution is 2.48. The molecule has 0 spiro atoms. The first kappa shape index (κ1) is 41.6. The molecular formula is C40H51FN6O9S2. The molecule has 6 atom stereocenters. The molecule has 3 aliphatic heterocycles. The number of aromatic nitrogens is 1. The van der Waals surface area contributed by atoms with Crippen molar-refractivity contribution in [3.63, 3.8) is 0 Å². The fourth-order valence-corrected chi connectivity index (χ4v) is 10.3. The van der Waals surface area contributed by atoms with Gasteiger partial charge in [0.05, 0.1) is 17.6 Å². The standard InChI is InChI=1S/C40H51FN6O9S2/c1-38(2,3)56-37(52)43-29-12-10-8-6-7-9-11-24-18-40(24,36(51)45-58(53,54)39(4)15-16-39)44-32(48)31-27-21-46(19-23(27)20-47(31)34(29)49)35(50)33-42-30(22-57-33)26-14-13-25(55-5)17-28(26)41/h9,11,13-14,17,22-24,27,29,31H,6-8,10,12,15-16,18-21H2,1-5H3,(H,43,52)(H,44,48)(H,45,51)/b11-9-/t23-,24+,27-,29-,31-,40-/m0/s1. The van der Waals surface area contributed by atoms with E-state index >= 15 is 0 Å². The highest BCUT2D eigenvalue weighted by atomic mass is 32.2. The Balaban J connectivity index is 1.17. The number of rotatable bonds is 7. The van der Waals surface area contributed by atoms with Gasteiger partial charge in [-0.25, -0.2) is 22.6 Å². The molecule has 15 nitrogen and oxygen atoms in total. The van der Waals surface area contributed by atoms with Gasteiger partial charge >= 0.3 is 6.09 Å². The van der Waals surface area contributed by atoms with Crippen LogP contribution in [0.2, 0.25) is 0 Å². The monoisotopic (exact) mass is 842 g/mol. The highest BCUT2D eigenvalue weighted by Gasteiger charge is 2.64. The lowest BCUT2D eigenvalue weighted by Gasteiger charge is -2.33. The zero-order valence-corrected chi connectivity index (χ0v) is 35.0. The van der Waals surface area contributed by atoms with Crippen LogP contribution in [0.15, 0.2) is 35.7 Å². The second kappa shape index (κ2) is 15.5. The largest absolute Gasteiger partial charge is 0.497 e. The van der Waals surface area contributed by atoms with Crippen LogP contribution in [0.3, 0.4) is 0 Å². The summed E-state index contributed by atoms with van der Waals surface area (Å²) in [6.07, 6.45) is 7.04. The fraction of sp³-hybridized carbons (Fsp3) is 0.600. The van der Waals surface area contributed by atoms with E-state index in [2.05, 4.69) is 20.3 Å². The maximum atomic E-state index is 14.9. The summed E-state index contributed by atoms with van der Waals surface area (Å²) in [7, 11) is -2.60. The highest BCUT2D eigenvalue weighted by molar-refractivity contribution is 7.91. The predicted octanol–water partition coefficient (Wildman–Crippen LogP) is 4.14. The number of likely N-dealkylation sites (tertiary alicyclic amines) is 1. The van der Waals surface area contributed by atoms with Crippen molar-refractivity contribution >= 4 is 51.1 Å². The number of alkyl carbamates (subject to hydrolysis) is 1. The maximum Gasteiger partial charge on any atom is 0.408 e. The van der Waals surface area contributed by atoms with Crippen molar-refractivity contribution < 1.29 is 46.3 Å². The molecule has 3 N–H and O–H groups in total. The number of fused-ring (bicyclic) bond motifs is 4. The first-order valence-corrected chi connectivity index (χ1v) is 22.2. The van der Waals surface area contributed by atoms with Gasteiger partial charge < -0.3 is 29.9 Å². The van der Waals surface area contributed by atoms with Crippen LogP contribution in [0.4, 0.5) is 9.18 Å².